The third-order valence-electron chi connectivity index (χ3n) is 6.91. The lowest BCUT2D eigenvalue weighted by Crippen LogP contribution is -2.47. The number of hydrogen-bond acceptors (Lipinski definition) is 5. The van der Waals surface area contributed by atoms with E-state index in [0.717, 1.165) is 56.0 Å². The molecular formula is C30H35N5O2. The zero-order valence-corrected chi connectivity index (χ0v) is 21.7. The van der Waals surface area contributed by atoms with E-state index in [1.54, 1.807) is 0 Å². The highest BCUT2D eigenvalue weighted by atomic mass is 16.5. The van der Waals surface area contributed by atoms with Crippen molar-refractivity contribution in [3.05, 3.63) is 95.4 Å². The predicted octanol–water partition coefficient (Wildman–Crippen LogP) is 4.47. The maximum absolute atomic E-state index is 12.9. The molecule has 0 spiro atoms. The second-order valence-corrected chi connectivity index (χ2v) is 9.72. The Morgan fingerprint density at radius 2 is 1.84 bits per heavy atom. The van der Waals surface area contributed by atoms with Gasteiger partial charge in [0.15, 0.2) is 0 Å². The fourth-order valence-corrected chi connectivity index (χ4v) is 4.86. The number of hydrogen-bond donors (Lipinski definition) is 1. The van der Waals surface area contributed by atoms with Gasteiger partial charge in [0.1, 0.15) is 18.0 Å². The Labute approximate surface area is 218 Å². The second-order valence-electron chi connectivity index (χ2n) is 9.72. The molecule has 0 radical (unpaired) electrons. The van der Waals surface area contributed by atoms with E-state index in [1.807, 2.05) is 60.1 Å². The summed E-state index contributed by atoms with van der Waals surface area (Å²) in [7, 11) is 0. The van der Waals surface area contributed by atoms with Crippen LogP contribution in [0, 0.1) is 13.8 Å². The summed E-state index contributed by atoms with van der Waals surface area (Å²) in [5.41, 5.74) is 6.02. The van der Waals surface area contributed by atoms with Crippen molar-refractivity contribution in [3.8, 4) is 5.75 Å². The van der Waals surface area contributed by atoms with E-state index in [-0.39, 0.29) is 5.91 Å². The van der Waals surface area contributed by atoms with Gasteiger partial charge in [0, 0.05) is 50.8 Å². The number of nitrogens with one attached hydrogen (secondary N) is 1. The third kappa shape index (κ3) is 6.12. The van der Waals surface area contributed by atoms with Gasteiger partial charge in [-0.05, 0) is 68.3 Å². The number of fused-ring (bicyclic) bond motifs is 1. The average Bonchev–Trinajstić information content (AvgIpc) is 3.35. The van der Waals surface area contributed by atoms with E-state index >= 15 is 0 Å². The first-order valence-electron chi connectivity index (χ1n) is 13.0. The average molecular weight is 498 g/mol. The van der Waals surface area contributed by atoms with Crippen molar-refractivity contribution in [2.24, 2.45) is 0 Å². The number of piperazine rings is 1. The van der Waals surface area contributed by atoms with Crippen LogP contribution in [0.15, 0.2) is 73.1 Å². The van der Waals surface area contributed by atoms with Crippen LogP contribution >= 0.6 is 0 Å². The maximum atomic E-state index is 12.9. The summed E-state index contributed by atoms with van der Waals surface area (Å²) in [6.45, 7) is 10.3. The molecule has 1 aliphatic rings. The molecule has 2 aromatic carbocycles. The van der Waals surface area contributed by atoms with Crippen LogP contribution in [-0.4, -0.2) is 59.5 Å². The minimum Gasteiger partial charge on any atom is -0.486 e. The minimum absolute atomic E-state index is 0.106. The lowest BCUT2D eigenvalue weighted by atomic mass is 10.2. The number of aryl methyl sites for hydroxylation is 2. The zero-order chi connectivity index (χ0) is 25.6. The molecule has 4 aromatic rings. The van der Waals surface area contributed by atoms with E-state index in [2.05, 4.69) is 51.3 Å². The summed E-state index contributed by atoms with van der Waals surface area (Å²) in [5, 5.41) is 3.07. The molecule has 7 nitrogen and oxygen atoms in total. The Morgan fingerprint density at radius 1 is 1.00 bits per heavy atom. The molecule has 3 heterocycles. The first kappa shape index (κ1) is 24.8. The number of rotatable bonds is 9. The molecule has 0 bridgehead atoms. The Balaban J connectivity index is 1.07. The molecule has 37 heavy (non-hydrogen) atoms. The van der Waals surface area contributed by atoms with E-state index in [4.69, 9.17) is 4.74 Å². The molecular weight excluding hydrogens is 462 g/mol. The van der Waals surface area contributed by atoms with Crippen molar-refractivity contribution < 1.29 is 9.53 Å². The summed E-state index contributed by atoms with van der Waals surface area (Å²) in [6.07, 6.45) is 4.86. The van der Waals surface area contributed by atoms with Crippen molar-refractivity contribution in [1.82, 2.24) is 19.6 Å². The number of benzene rings is 2. The summed E-state index contributed by atoms with van der Waals surface area (Å²) in [5.74, 6) is 0.465. The van der Waals surface area contributed by atoms with Gasteiger partial charge in [-0.2, -0.15) is 0 Å². The van der Waals surface area contributed by atoms with E-state index in [0.29, 0.717) is 24.5 Å². The highest BCUT2D eigenvalue weighted by Gasteiger charge is 2.17. The number of amides is 1. The Bertz CT molecular complexity index is 1360. The molecule has 0 aliphatic carbocycles. The fourth-order valence-electron chi connectivity index (χ4n) is 4.86. The molecule has 5 rings (SSSR count). The van der Waals surface area contributed by atoms with Crippen LogP contribution < -0.4 is 15.0 Å². The SMILES string of the molecule is Cc1cccc(N2CCN(CCCNC(=O)c3ccccc3OCc3cn4cccc(C)c4n3)CC2)c1. The van der Waals surface area contributed by atoms with Gasteiger partial charge < -0.3 is 19.4 Å². The van der Waals surface area contributed by atoms with Gasteiger partial charge in [0.2, 0.25) is 0 Å². The molecule has 192 valence electrons. The third-order valence-corrected chi connectivity index (χ3v) is 6.91. The summed E-state index contributed by atoms with van der Waals surface area (Å²) < 4.78 is 8.01. The van der Waals surface area contributed by atoms with Gasteiger partial charge in [-0.1, -0.05) is 30.3 Å². The Morgan fingerprint density at radius 3 is 2.65 bits per heavy atom. The van der Waals surface area contributed by atoms with Gasteiger partial charge in [-0.15, -0.1) is 0 Å². The van der Waals surface area contributed by atoms with Crippen LogP contribution in [0.5, 0.6) is 5.75 Å². The molecule has 0 unspecified atom stereocenters. The van der Waals surface area contributed by atoms with E-state index < -0.39 is 0 Å². The van der Waals surface area contributed by atoms with Crippen molar-refractivity contribution in [3.63, 3.8) is 0 Å². The molecule has 1 saturated heterocycles. The van der Waals surface area contributed by atoms with Crippen LogP contribution in [0.4, 0.5) is 5.69 Å². The van der Waals surface area contributed by atoms with Gasteiger partial charge in [0.25, 0.3) is 5.91 Å². The number of pyridine rings is 1. The lowest BCUT2D eigenvalue weighted by molar-refractivity contribution is 0.0947. The first-order chi connectivity index (χ1) is 18.1. The minimum atomic E-state index is -0.106. The molecule has 7 heteroatoms. The number of ether oxygens (including phenoxy) is 1. The number of carbonyl (C=O) groups is 1. The maximum Gasteiger partial charge on any atom is 0.255 e. The first-order valence-corrected chi connectivity index (χ1v) is 13.0. The van der Waals surface area contributed by atoms with Crippen LogP contribution in [-0.2, 0) is 6.61 Å². The number of nitrogens with zero attached hydrogens (tertiary/aromatic N) is 4. The number of anilines is 1. The zero-order valence-electron chi connectivity index (χ0n) is 21.7. The molecule has 0 atom stereocenters. The van der Waals surface area contributed by atoms with Gasteiger partial charge in [-0.3, -0.25) is 9.69 Å². The molecule has 1 amide bonds. The number of imidazole rings is 1. The Hall–Kier alpha value is -3.84. The van der Waals surface area contributed by atoms with Crippen LogP contribution in [0.2, 0.25) is 0 Å². The van der Waals surface area contributed by atoms with Gasteiger partial charge in [-0.25, -0.2) is 4.98 Å². The molecule has 0 saturated carbocycles. The van der Waals surface area contributed by atoms with Gasteiger partial charge >= 0.3 is 0 Å². The van der Waals surface area contributed by atoms with Crippen molar-refractivity contribution >= 4 is 17.2 Å². The van der Waals surface area contributed by atoms with Crippen molar-refractivity contribution in [1.29, 1.82) is 0 Å². The smallest absolute Gasteiger partial charge is 0.255 e. The Kier molecular flexibility index (Phi) is 7.70. The monoisotopic (exact) mass is 497 g/mol. The molecule has 1 fully saturated rings. The predicted molar refractivity (Wildman–Crippen MR) is 147 cm³/mol. The molecule has 1 N–H and O–H groups in total. The standard InChI is InChI=1S/C30H35N5O2/c1-23-8-5-10-26(20-23)34-18-16-33(17-19-34)14-7-13-31-30(36)27-11-3-4-12-28(27)37-22-25-21-35-15-6-9-24(2)29(35)32-25/h3-6,8-12,15,20-21H,7,13-14,16-19,22H2,1-2H3,(H,31,36). The second kappa shape index (κ2) is 11.5. The van der Waals surface area contributed by atoms with E-state index in [1.165, 1.54) is 11.3 Å². The summed E-state index contributed by atoms with van der Waals surface area (Å²) in [6, 6.07) is 20.2. The normalized spacial score (nSPS) is 14.2. The van der Waals surface area contributed by atoms with E-state index in [9.17, 15) is 4.79 Å². The van der Waals surface area contributed by atoms with Crippen molar-refractivity contribution in [2.75, 3.05) is 44.2 Å². The number of carbonyl (C=O) groups excluding carboxylic acids is 1. The highest BCUT2D eigenvalue weighted by molar-refractivity contribution is 5.96. The van der Waals surface area contributed by atoms with Crippen LogP contribution in [0.3, 0.4) is 0 Å². The summed E-state index contributed by atoms with van der Waals surface area (Å²) in [4.78, 5) is 22.5. The van der Waals surface area contributed by atoms with Crippen LogP contribution in [0.1, 0.15) is 33.6 Å². The number of aromatic nitrogens is 2. The highest BCUT2D eigenvalue weighted by Crippen LogP contribution is 2.20. The fraction of sp³-hybridized carbons (Fsp3) is 0.333. The van der Waals surface area contributed by atoms with Gasteiger partial charge in [0.05, 0.1) is 11.3 Å². The quantitative estimate of drug-likeness (QED) is 0.346. The van der Waals surface area contributed by atoms with Crippen molar-refractivity contribution in [2.45, 2.75) is 26.9 Å². The van der Waals surface area contributed by atoms with Crippen LogP contribution in [0.25, 0.3) is 5.65 Å². The summed E-state index contributed by atoms with van der Waals surface area (Å²) >= 11 is 0. The molecule has 2 aromatic heterocycles. The topological polar surface area (TPSA) is 62.1 Å². The largest absolute Gasteiger partial charge is 0.486 e. The molecule has 1 aliphatic heterocycles. The lowest BCUT2D eigenvalue weighted by Gasteiger charge is -2.36. The number of para-hydroxylation sites is 1.